The third-order valence-electron chi connectivity index (χ3n) is 5.20. The first-order valence-electron chi connectivity index (χ1n) is 8.13. The molecular weight excluding hydrogens is 266 g/mol. The van der Waals surface area contributed by atoms with Crippen LogP contribution in [0.2, 0.25) is 0 Å². The van der Waals surface area contributed by atoms with Crippen molar-refractivity contribution < 1.29 is 9.47 Å². The molecule has 4 unspecified atom stereocenters. The third-order valence-corrected chi connectivity index (χ3v) is 5.20. The van der Waals surface area contributed by atoms with Gasteiger partial charge in [-0.15, -0.1) is 0 Å². The van der Waals surface area contributed by atoms with Crippen molar-refractivity contribution in [3.8, 4) is 6.07 Å². The van der Waals surface area contributed by atoms with E-state index in [1.807, 2.05) is 0 Å². The number of ether oxygens (including phenoxy) is 2. The summed E-state index contributed by atoms with van der Waals surface area (Å²) in [6.45, 7) is 5.84. The van der Waals surface area contributed by atoms with Crippen molar-refractivity contribution in [2.75, 3.05) is 40.4 Å². The summed E-state index contributed by atoms with van der Waals surface area (Å²) in [5.74, 6) is 0.463. The van der Waals surface area contributed by atoms with Crippen LogP contribution in [-0.2, 0) is 9.47 Å². The maximum absolute atomic E-state index is 9.60. The second-order valence-electron chi connectivity index (χ2n) is 6.30. The number of nitrogens with zero attached hydrogens (tertiary/aromatic N) is 2. The lowest BCUT2D eigenvalue weighted by Crippen LogP contribution is -2.47. The maximum atomic E-state index is 9.60. The number of nitrogens with one attached hydrogen (secondary N) is 1. The van der Waals surface area contributed by atoms with Crippen molar-refractivity contribution in [3.63, 3.8) is 0 Å². The SMILES string of the molecule is CCNC1(C#N)CCCC1CCN1CC(OC)C(OC)C1. The van der Waals surface area contributed by atoms with E-state index >= 15 is 0 Å². The molecule has 1 saturated heterocycles. The van der Waals surface area contributed by atoms with Gasteiger partial charge in [0, 0.05) is 27.3 Å². The zero-order valence-electron chi connectivity index (χ0n) is 13.6. The highest BCUT2D eigenvalue weighted by atomic mass is 16.5. The minimum absolute atomic E-state index is 0.174. The van der Waals surface area contributed by atoms with Crippen LogP contribution >= 0.6 is 0 Å². The Morgan fingerprint density at radius 1 is 1.29 bits per heavy atom. The lowest BCUT2D eigenvalue weighted by molar-refractivity contribution is -0.00461. The molecule has 0 radical (unpaired) electrons. The second kappa shape index (κ2) is 7.55. The van der Waals surface area contributed by atoms with Crippen molar-refractivity contribution >= 4 is 0 Å². The van der Waals surface area contributed by atoms with Gasteiger partial charge in [0.1, 0.15) is 5.54 Å². The molecule has 2 fully saturated rings. The van der Waals surface area contributed by atoms with E-state index in [1.54, 1.807) is 14.2 Å². The van der Waals surface area contributed by atoms with E-state index in [9.17, 15) is 5.26 Å². The maximum Gasteiger partial charge on any atom is 0.109 e. The number of nitriles is 1. The highest BCUT2D eigenvalue weighted by molar-refractivity contribution is 5.14. The van der Waals surface area contributed by atoms with Crippen LogP contribution in [0.3, 0.4) is 0 Å². The summed E-state index contributed by atoms with van der Waals surface area (Å²) in [4.78, 5) is 2.41. The van der Waals surface area contributed by atoms with Crippen LogP contribution < -0.4 is 5.32 Å². The monoisotopic (exact) mass is 295 g/mol. The lowest BCUT2D eigenvalue weighted by Gasteiger charge is -2.30. The van der Waals surface area contributed by atoms with E-state index in [-0.39, 0.29) is 17.7 Å². The Balaban J connectivity index is 1.87. The largest absolute Gasteiger partial charge is 0.377 e. The molecule has 0 aromatic heterocycles. The van der Waals surface area contributed by atoms with Crippen molar-refractivity contribution in [2.45, 2.75) is 50.4 Å². The molecule has 5 heteroatoms. The molecular formula is C16H29N3O2. The van der Waals surface area contributed by atoms with Gasteiger partial charge in [0.05, 0.1) is 18.3 Å². The summed E-state index contributed by atoms with van der Waals surface area (Å²) < 4.78 is 11.0. The van der Waals surface area contributed by atoms with Gasteiger partial charge in [-0.05, 0) is 38.3 Å². The first kappa shape index (κ1) is 16.7. The Hall–Kier alpha value is -0.670. The minimum atomic E-state index is -0.296. The van der Waals surface area contributed by atoms with Crippen LogP contribution in [0.5, 0.6) is 0 Å². The molecule has 1 heterocycles. The molecule has 0 aromatic carbocycles. The van der Waals surface area contributed by atoms with Crippen LogP contribution in [0, 0.1) is 17.2 Å². The highest BCUT2D eigenvalue weighted by Gasteiger charge is 2.43. The molecule has 21 heavy (non-hydrogen) atoms. The minimum Gasteiger partial charge on any atom is -0.377 e. The molecule has 0 spiro atoms. The fourth-order valence-corrected chi connectivity index (χ4v) is 4.00. The summed E-state index contributed by atoms with van der Waals surface area (Å²) in [5.41, 5.74) is -0.296. The van der Waals surface area contributed by atoms with Crippen LogP contribution in [-0.4, -0.2) is 63.0 Å². The summed E-state index contributed by atoms with van der Waals surface area (Å²) in [6.07, 6.45) is 4.74. The van der Waals surface area contributed by atoms with E-state index in [2.05, 4.69) is 23.2 Å². The van der Waals surface area contributed by atoms with E-state index < -0.39 is 0 Å². The molecule has 120 valence electrons. The molecule has 0 amide bonds. The Bertz CT molecular complexity index is 359. The smallest absolute Gasteiger partial charge is 0.109 e. The van der Waals surface area contributed by atoms with Gasteiger partial charge in [0.15, 0.2) is 0 Å². The normalized spacial score (nSPS) is 37.0. The predicted molar refractivity (Wildman–Crippen MR) is 82.0 cm³/mol. The average Bonchev–Trinajstić information content (AvgIpc) is 3.09. The van der Waals surface area contributed by atoms with Crippen molar-refractivity contribution in [1.82, 2.24) is 10.2 Å². The van der Waals surface area contributed by atoms with Gasteiger partial charge in [-0.1, -0.05) is 13.3 Å². The Morgan fingerprint density at radius 2 is 1.95 bits per heavy atom. The molecule has 0 bridgehead atoms. The van der Waals surface area contributed by atoms with Gasteiger partial charge in [-0.2, -0.15) is 5.26 Å². The van der Waals surface area contributed by atoms with Crippen molar-refractivity contribution in [1.29, 1.82) is 5.26 Å². The van der Waals surface area contributed by atoms with Crippen LogP contribution in [0.25, 0.3) is 0 Å². The molecule has 4 atom stereocenters. The summed E-state index contributed by atoms with van der Waals surface area (Å²) >= 11 is 0. The molecule has 5 nitrogen and oxygen atoms in total. The topological polar surface area (TPSA) is 57.5 Å². The zero-order valence-corrected chi connectivity index (χ0v) is 13.6. The van der Waals surface area contributed by atoms with Crippen LogP contribution in [0.15, 0.2) is 0 Å². The van der Waals surface area contributed by atoms with Gasteiger partial charge in [0.2, 0.25) is 0 Å². The first-order valence-corrected chi connectivity index (χ1v) is 8.13. The molecule has 1 saturated carbocycles. The second-order valence-corrected chi connectivity index (χ2v) is 6.30. The number of methoxy groups -OCH3 is 2. The summed E-state index contributed by atoms with van der Waals surface area (Å²) in [7, 11) is 3.51. The predicted octanol–water partition coefficient (Wildman–Crippen LogP) is 1.39. The quantitative estimate of drug-likeness (QED) is 0.769. The fourth-order valence-electron chi connectivity index (χ4n) is 4.00. The third kappa shape index (κ3) is 3.57. The van der Waals surface area contributed by atoms with Crippen LogP contribution in [0.4, 0.5) is 0 Å². The van der Waals surface area contributed by atoms with E-state index in [0.717, 1.165) is 51.9 Å². The van der Waals surface area contributed by atoms with Crippen LogP contribution in [0.1, 0.15) is 32.6 Å². The number of rotatable bonds is 7. The number of likely N-dealkylation sites (tertiary alicyclic amines) is 1. The molecule has 1 aliphatic heterocycles. The van der Waals surface area contributed by atoms with Gasteiger partial charge in [-0.3, -0.25) is 10.2 Å². The van der Waals surface area contributed by atoms with Gasteiger partial charge < -0.3 is 9.47 Å². The molecule has 1 aliphatic carbocycles. The van der Waals surface area contributed by atoms with E-state index in [4.69, 9.17) is 9.47 Å². The molecule has 2 rings (SSSR count). The zero-order chi connectivity index (χ0) is 15.3. The van der Waals surface area contributed by atoms with E-state index in [0.29, 0.717) is 5.92 Å². The number of hydrogen-bond donors (Lipinski definition) is 1. The Kier molecular flexibility index (Phi) is 6.00. The average molecular weight is 295 g/mol. The standard InChI is InChI=1S/C16H29N3O2/c1-4-18-16(12-17)8-5-6-13(16)7-9-19-10-14(20-2)15(11-19)21-3/h13-15,18H,4-11H2,1-3H3. The first-order chi connectivity index (χ1) is 10.2. The molecule has 0 aromatic rings. The van der Waals surface area contributed by atoms with Gasteiger partial charge in [0.25, 0.3) is 0 Å². The van der Waals surface area contributed by atoms with Crippen molar-refractivity contribution in [3.05, 3.63) is 0 Å². The molecule has 1 N–H and O–H groups in total. The fraction of sp³-hybridized carbons (Fsp3) is 0.938. The lowest BCUT2D eigenvalue weighted by atomic mass is 9.85. The van der Waals surface area contributed by atoms with E-state index in [1.165, 1.54) is 0 Å². The Labute approximate surface area is 128 Å². The highest BCUT2D eigenvalue weighted by Crippen LogP contribution is 2.37. The van der Waals surface area contributed by atoms with Gasteiger partial charge >= 0.3 is 0 Å². The van der Waals surface area contributed by atoms with Gasteiger partial charge in [-0.25, -0.2) is 0 Å². The molecule has 2 aliphatic rings. The Morgan fingerprint density at radius 3 is 2.48 bits per heavy atom. The summed E-state index contributed by atoms with van der Waals surface area (Å²) in [6, 6.07) is 2.56. The van der Waals surface area contributed by atoms with Crippen molar-refractivity contribution in [2.24, 2.45) is 5.92 Å². The number of hydrogen-bond acceptors (Lipinski definition) is 5. The summed E-state index contributed by atoms with van der Waals surface area (Å²) in [5, 5.41) is 13.0.